The lowest BCUT2D eigenvalue weighted by Crippen LogP contribution is -2.41. The molecule has 0 aliphatic heterocycles. The predicted octanol–water partition coefficient (Wildman–Crippen LogP) is 4.31. The molecule has 0 aliphatic rings. The van der Waals surface area contributed by atoms with Gasteiger partial charge in [0.15, 0.2) is 8.32 Å². The van der Waals surface area contributed by atoms with Crippen molar-refractivity contribution in [1.29, 1.82) is 0 Å². The third-order valence-corrected chi connectivity index (χ3v) is 12.2. The van der Waals surface area contributed by atoms with Gasteiger partial charge < -0.3 is 61.3 Å². The van der Waals surface area contributed by atoms with Gasteiger partial charge in [-0.25, -0.2) is 0 Å². The second-order valence-corrected chi connectivity index (χ2v) is 17.8. The molecule has 0 N–H and O–H groups in total. The number of unbranched alkanes of at least 4 members (excludes halogenated alkanes) is 2. The average Bonchev–Trinajstić information content (AvgIpc) is 3.09. The van der Waals surface area contributed by atoms with Crippen molar-refractivity contribution < 1.29 is 66.1 Å². The fraction of sp³-hybridized carbons (Fsp3) is 0.972. The van der Waals surface area contributed by atoms with E-state index in [0.717, 1.165) is 19.3 Å². The Labute approximate surface area is 310 Å². The SMILES string of the molecule is CCCCCC(=O)OCCOCCOCCOCCOCCOCCOCCOCCOCCOCCOCCOCCO[Si](C)(C)C(C)(C)C. The monoisotopic (exact) mass is 758 g/mol. The van der Waals surface area contributed by atoms with Crippen LogP contribution in [-0.4, -0.2) is 173 Å². The van der Waals surface area contributed by atoms with E-state index < -0.39 is 8.32 Å². The molecule has 0 heterocycles. The van der Waals surface area contributed by atoms with Crippen LogP contribution in [0.1, 0.15) is 53.4 Å². The molecule has 0 rings (SSSR count). The highest BCUT2D eigenvalue weighted by molar-refractivity contribution is 6.74. The number of carbonyl (C=O) groups is 1. The third-order valence-electron chi connectivity index (χ3n) is 7.69. The van der Waals surface area contributed by atoms with E-state index in [1.807, 2.05) is 0 Å². The molecular formula is C36H74O14Si. The van der Waals surface area contributed by atoms with Crippen molar-refractivity contribution in [3.05, 3.63) is 0 Å². The van der Waals surface area contributed by atoms with E-state index in [0.29, 0.717) is 158 Å². The van der Waals surface area contributed by atoms with Crippen LogP contribution in [0.15, 0.2) is 0 Å². The number of hydrogen-bond acceptors (Lipinski definition) is 14. The second kappa shape index (κ2) is 37.5. The summed E-state index contributed by atoms with van der Waals surface area (Å²) in [7, 11) is -1.70. The van der Waals surface area contributed by atoms with Crippen LogP contribution in [0, 0.1) is 0 Å². The van der Waals surface area contributed by atoms with Crippen LogP contribution < -0.4 is 0 Å². The molecule has 51 heavy (non-hydrogen) atoms. The molecule has 0 saturated carbocycles. The summed E-state index contributed by atoms with van der Waals surface area (Å²) in [5.41, 5.74) is 0. The normalized spacial score (nSPS) is 12.2. The first kappa shape index (κ1) is 50.2. The number of ether oxygens (including phenoxy) is 12. The Kier molecular flexibility index (Phi) is 36.9. The van der Waals surface area contributed by atoms with Crippen molar-refractivity contribution in [3.8, 4) is 0 Å². The Morgan fingerprint density at radius 1 is 0.412 bits per heavy atom. The Bertz CT molecular complexity index is 727. The molecule has 0 unspecified atom stereocenters. The Balaban J connectivity index is 3.14. The van der Waals surface area contributed by atoms with E-state index in [1.54, 1.807) is 0 Å². The summed E-state index contributed by atoms with van der Waals surface area (Å²) in [4.78, 5) is 11.5. The summed E-state index contributed by atoms with van der Waals surface area (Å²) in [6, 6.07) is 0. The summed E-state index contributed by atoms with van der Waals surface area (Å²) in [6.45, 7) is 25.2. The fourth-order valence-corrected chi connectivity index (χ4v) is 4.71. The molecule has 0 atom stereocenters. The van der Waals surface area contributed by atoms with Crippen molar-refractivity contribution in [2.24, 2.45) is 0 Å². The fourth-order valence-electron chi connectivity index (χ4n) is 3.68. The zero-order chi connectivity index (χ0) is 37.6. The highest BCUT2D eigenvalue weighted by Gasteiger charge is 2.36. The van der Waals surface area contributed by atoms with Gasteiger partial charge in [0.2, 0.25) is 0 Å². The van der Waals surface area contributed by atoms with Gasteiger partial charge in [0, 0.05) is 6.42 Å². The molecule has 306 valence electrons. The summed E-state index contributed by atoms with van der Waals surface area (Å²) < 4.78 is 71.6. The van der Waals surface area contributed by atoms with Gasteiger partial charge in [-0.05, 0) is 24.6 Å². The first-order chi connectivity index (χ1) is 24.7. The topological polar surface area (TPSA) is 137 Å². The molecule has 0 saturated heterocycles. The second-order valence-electron chi connectivity index (χ2n) is 13.0. The van der Waals surface area contributed by atoms with E-state index in [-0.39, 0.29) is 17.6 Å². The highest BCUT2D eigenvalue weighted by Crippen LogP contribution is 2.36. The molecule has 0 aromatic carbocycles. The maximum Gasteiger partial charge on any atom is 0.305 e. The summed E-state index contributed by atoms with van der Waals surface area (Å²) >= 11 is 0. The Morgan fingerprint density at radius 2 is 0.667 bits per heavy atom. The maximum atomic E-state index is 11.5. The van der Waals surface area contributed by atoms with Crippen LogP contribution in [0.2, 0.25) is 18.1 Å². The minimum absolute atomic E-state index is 0.160. The molecule has 0 aromatic heterocycles. The largest absolute Gasteiger partial charge is 0.463 e. The van der Waals surface area contributed by atoms with Gasteiger partial charge in [0.1, 0.15) is 6.61 Å². The molecule has 0 amide bonds. The van der Waals surface area contributed by atoms with Gasteiger partial charge in [-0.2, -0.15) is 0 Å². The lowest BCUT2D eigenvalue weighted by molar-refractivity contribution is -0.145. The van der Waals surface area contributed by atoms with Gasteiger partial charge in [-0.15, -0.1) is 0 Å². The molecule has 0 radical (unpaired) electrons. The van der Waals surface area contributed by atoms with Crippen molar-refractivity contribution in [2.75, 3.05) is 159 Å². The van der Waals surface area contributed by atoms with Gasteiger partial charge in [-0.3, -0.25) is 4.79 Å². The smallest absolute Gasteiger partial charge is 0.305 e. The highest BCUT2D eigenvalue weighted by atomic mass is 28.4. The molecule has 0 fully saturated rings. The molecule has 0 aromatic rings. The van der Waals surface area contributed by atoms with E-state index >= 15 is 0 Å². The van der Waals surface area contributed by atoms with Crippen LogP contribution in [0.4, 0.5) is 0 Å². The number of esters is 1. The quantitative estimate of drug-likeness (QED) is 0.0498. The third kappa shape index (κ3) is 37.3. The number of carbonyl (C=O) groups excluding carboxylic acids is 1. The first-order valence-corrected chi connectivity index (χ1v) is 21.8. The lowest BCUT2D eigenvalue weighted by atomic mass is 10.2. The van der Waals surface area contributed by atoms with E-state index in [4.69, 9.17) is 61.3 Å². The van der Waals surface area contributed by atoms with Crippen molar-refractivity contribution in [1.82, 2.24) is 0 Å². The van der Waals surface area contributed by atoms with E-state index in [1.165, 1.54) is 0 Å². The number of hydrogen-bond donors (Lipinski definition) is 0. The molecule has 0 aliphatic carbocycles. The van der Waals surface area contributed by atoms with Crippen LogP contribution in [0.5, 0.6) is 0 Å². The molecule has 15 heteroatoms. The summed E-state index contributed by atoms with van der Waals surface area (Å²) in [6.07, 6.45) is 3.49. The van der Waals surface area contributed by atoms with Gasteiger partial charge in [0.05, 0.1) is 152 Å². The first-order valence-electron chi connectivity index (χ1n) is 18.9. The molecular weight excluding hydrogens is 684 g/mol. The summed E-state index contributed by atoms with van der Waals surface area (Å²) in [5, 5.41) is 0.214. The minimum atomic E-state index is -1.70. The summed E-state index contributed by atoms with van der Waals surface area (Å²) in [5.74, 6) is -0.160. The van der Waals surface area contributed by atoms with Crippen molar-refractivity contribution in [2.45, 2.75) is 71.5 Å². The lowest BCUT2D eigenvalue weighted by Gasteiger charge is -2.36. The Hall–Kier alpha value is -0.793. The maximum absolute atomic E-state index is 11.5. The standard InChI is InChI=1S/C36H74O14Si/c1-7-8-9-10-35(37)49-33-31-47-29-27-45-25-23-43-21-19-41-17-15-39-13-11-38-12-14-40-16-18-42-20-22-44-24-26-46-28-30-48-32-34-50-51(5,6)36(2,3)4/h7-34H2,1-6H3. The van der Waals surface area contributed by atoms with Crippen molar-refractivity contribution >= 4 is 14.3 Å². The van der Waals surface area contributed by atoms with Crippen molar-refractivity contribution in [3.63, 3.8) is 0 Å². The zero-order valence-electron chi connectivity index (χ0n) is 33.0. The average molecular weight is 759 g/mol. The predicted molar refractivity (Wildman–Crippen MR) is 197 cm³/mol. The molecule has 0 bridgehead atoms. The molecule has 0 spiro atoms. The Morgan fingerprint density at radius 3 is 0.922 bits per heavy atom. The van der Waals surface area contributed by atoms with Crippen LogP contribution in [-0.2, 0) is 66.1 Å². The van der Waals surface area contributed by atoms with Gasteiger partial charge in [0.25, 0.3) is 0 Å². The van der Waals surface area contributed by atoms with Gasteiger partial charge >= 0.3 is 5.97 Å². The van der Waals surface area contributed by atoms with E-state index in [2.05, 4.69) is 40.8 Å². The van der Waals surface area contributed by atoms with Gasteiger partial charge in [-0.1, -0.05) is 40.5 Å². The number of rotatable bonds is 41. The van der Waals surface area contributed by atoms with Crippen LogP contribution >= 0.6 is 0 Å². The zero-order valence-corrected chi connectivity index (χ0v) is 34.0. The minimum Gasteiger partial charge on any atom is -0.463 e. The van der Waals surface area contributed by atoms with E-state index in [9.17, 15) is 4.79 Å². The van der Waals surface area contributed by atoms with Crippen LogP contribution in [0.25, 0.3) is 0 Å². The molecule has 14 nitrogen and oxygen atoms in total. The van der Waals surface area contributed by atoms with Crippen LogP contribution in [0.3, 0.4) is 0 Å².